The number of pyridine rings is 1. The zero-order valence-corrected chi connectivity index (χ0v) is 18.0. The number of rotatable bonds is 4. The number of aryl methyl sites for hydroxylation is 1. The number of carbonyl (C=O) groups excluding carboxylic acids is 1. The molecule has 0 aliphatic carbocycles. The Labute approximate surface area is 179 Å². The summed E-state index contributed by atoms with van der Waals surface area (Å²) >= 11 is 0. The zero-order chi connectivity index (χ0) is 20.7. The van der Waals surface area contributed by atoms with Crippen molar-refractivity contribution in [2.75, 3.05) is 25.1 Å². The molecule has 2 bridgehead atoms. The highest BCUT2D eigenvalue weighted by molar-refractivity contribution is 5.78. The normalized spacial score (nSPS) is 28.3. The van der Waals surface area contributed by atoms with E-state index in [1.54, 1.807) is 7.11 Å². The van der Waals surface area contributed by atoms with E-state index in [9.17, 15) is 4.79 Å². The van der Waals surface area contributed by atoms with Gasteiger partial charge in [-0.3, -0.25) is 4.79 Å². The summed E-state index contributed by atoms with van der Waals surface area (Å²) in [5.41, 5.74) is 2.44. The number of anilines is 1. The Bertz CT molecular complexity index is 913. The molecule has 5 heteroatoms. The minimum absolute atomic E-state index is 0.249. The van der Waals surface area contributed by atoms with E-state index in [0.717, 1.165) is 43.9 Å². The molecule has 5 nitrogen and oxygen atoms in total. The molecule has 4 heterocycles. The van der Waals surface area contributed by atoms with Crippen molar-refractivity contribution in [2.24, 2.45) is 11.8 Å². The summed E-state index contributed by atoms with van der Waals surface area (Å²) in [6.45, 7) is 4.06. The largest absolute Gasteiger partial charge is 0.497 e. The van der Waals surface area contributed by atoms with E-state index in [1.165, 1.54) is 17.5 Å². The topological polar surface area (TPSA) is 45.7 Å². The van der Waals surface area contributed by atoms with Gasteiger partial charge in [-0.15, -0.1) is 0 Å². The molecule has 1 aromatic heterocycles. The first-order valence-corrected chi connectivity index (χ1v) is 11.2. The smallest absolute Gasteiger partial charge is 0.223 e. The van der Waals surface area contributed by atoms with E-state index < -0.39 is 0 Å². The minimum Gasteiger partial charge on any atom is -0.497 e. The van der Waals surface area contributed by atoms with Crippen LogP contribution < -0.4 is 9.64 Å². The first-order valence-electron chi connectivity index (χ1n) is 11.2. The van der Waals surface area contributed by atoms with E-state index in [1.807, 2.05) is 12.3 Å². The van der Waals surface area contributed by atoms with Gasteiger partial charge in [0.15, 0.2) is 0 Å². The summed E-state index contributed by atoms with van der Waals surface area (Å²) in [5, 5.41) is 0. The van der Waals surface area contributed by atoms with Gasteiger partial charge in [0, 0.05) is 37.8 Å². The lowest BCUT2D eigenvalue weighted by atomic mass is 9.70. The Morgan fingerprint density at radius 3 is 2.83 bits per heavy atom. The molecule has 0 saturated carbocycles. The first-order chi connectivity index (χ1) is 14.6. The first kappa shape index (κ1) is 19.4. The van der Waals surface area contributed by atoms with Crippen LogP contribution in [-0.4, -0.2) is 48.1 Å². The second-order valence-corrected chi connectivity index (χ2v) is 9.24. The summed E-state index contributed by atoms with van der Waals surface area (Å²) in [4.78, 5) is 22.5. The predicted octanol–water partition coefficient (Wildman–Crippen LogP) is 3.85. The fourth-order valence-corrected chi connectivity index (χ4v) is 5.91. The lowest BCUT2D eigenvalue weighted by Gasteiger charge is -2.57. The van der Waals surface area contributed by atoms with Gasteiger partial charge < -0.3 is 14.5 Å². The van der Waals surface area contributed by atoms with Crippen molar-refractivity contribution < 1.29 is 9.53 Å². The molecule has 0 unspecified atom stereocenters. The molecule has 158 valence electrons. The standard InChI is InChI=1S/C25H31N3O2/c1-17-9-10-24(26-14-17)27-15-19-13-20(16-27)23(28-22(19)7-4-8-25(28)29)12-18-5-3-6-21(11-18)30-2/h3,5-6,9-11,14,19-20,22-23H,4,7-8,12-13,15-16H2,1-2H3/t19-,20+,22+,23+/m1/s1. The van der Waals surface area contributed by atoms with Crippen LogP contribution in [0.1, 0.15) is 36.8 Å². The third kappa shape index (κ3) is 3.55. The van der Waals surface area contributed by atoms with Crippen LogP contribution in [0.2, 0.25) is 0 Å². The molecule has 1 amide bonds. The third-order valence-corrected chi connectivity index (χ3v) is 7.30. The van der Waals surface area contributed by atoms with Crippen molar-refractivity contribution in [3.63, 3.8) is 0 Å². The van der Waals surface area contributed by atoms with E-state index in [2.05, 4.69) is 47.1 Å². The van der Waals surface area contributed by atoms with E-state index in [0.29, 0.717) is 30.2 Å². The summed E-state index contributed by atoms with van der Waals surface area (Å²) in [5.74, 6) is 3.33. The maximum absolute atomic E-state index is 13.0. The van der Waals surface area contributed by atoms with Gasteiger partial charge in [-0.25, -0.2) is 4.98 Å². The molecule has 0 N–H and O–H groups in total. The summed E-state index contributed by atoms with van der Waals surface area (Å²) < 4.78 is 5.44. The lowest BCUT2D eigenvalue weighted by molar-refractivity contribution is -0.148. The molecule has 3 aliphatic heterocycles. The fourth-order valence-electron chi connectivity index (χ4n) is 5.91. The number of nitrogens with zero attached hydrogens (tertiary/aromatic N) is 3. The Morgan fingerprint density at radius 2 is 2.03 bits per heavy atom. The Hall–Kier alpha value is -2.56. The van der Waals surface area contributed by atoms with Gasteiger partial charge in [0.2, 0.25) is 5.91 Å². The van der Waals surface area contributed by atoms with Gasteiger partial charge in [-0.05, 0) is 73.8 Å². The van der Waals surface area contributed by atoms with Gasteiger partial charge in [-0.2, -0.15) is 0 Å². The van der Waals surface area contributed by atoms with Crippen molar-refractivity contribution in [3.8, 4) is 5.75 Å². The molecule has 0 spiro atoms. The van der Waals surface area contributed by atoms with Gasteiger partial charge in [0.05, 0.1) is 7.11 Å². The van der Waals surface area contributed by atoms with Crippen LogP contribution in [0.15, 0.2) is 42.6 Å². The zero-order valence-electron chi connectivity index (χ0n) is 18.0. The maximum atomic E-state index is 13.0. The Kier molecular flexibility index (Phi) is 5.13. The Morgan fingerprint density at radius 1 is 1.17 bits per heavy atom. The van der Waals surface area contributed by atoms with Crippen LogP contribution in [0, 0.1) is 18.8 Å². The van der Waals surface area contributed by atoms with Crippen molar-refractivity contribution in [3.05, 3.63) is 53.7 Å². The molecule has 4 atom stereocenters. The van der Waals surface area contributed by atoms with Gasteiger partial charge in [-0.1, -0.05) is 18.2 Å². The molecule has 2 aromatic rings. The molecule has 30 heavy (non-hydrogen) atoms. The second kappa shape index (κ2) is 7.93. The minimum atomic E-state index is 0.249. The van der Waals surface area contributed by atoms with E-state index >= 15 is 0 Å². The van der Waals surface area contributed by atoms with Crippen molar-refractivity contribution in [2.45, 2.75) is 51.1 Å². The number of hydrogen-bond acceptors (Lipinski definition) is 4. The van der Waals surface area contributed by atoms with Gasteiger partial charge in [0.1, 0.15) is 11.6 Å². The Balaban J connectivity index is 1.46. The number of hydrogen-bond donors (Lipinski definition) is 0. The number of methoxy groups -OCH3 is 1. The highest BCUT2D eigenvalue weighted by Crippen LogP contribution is 2.43. The summed E-state index contributed by atoms with van der Waals surface area (Å²) in [6, 6.07) is 13.2. The molecule has 0 radical (unpaired) electrons. The number of ether oxygens (including phenoxy) is 1. The average molecular weight is 406 g/mol. The van der Waals surface area contributed by atoms with Crippen molar-refractivity contribution in [1.82, 2.24) is 9.88 Å². The average Bonchev–Trinajstić information content (AvgIpc) is 2.77. The highest BCUT2D eigenvalue weighted by atomic mass is 16.5. The van der Waals surface area contributed by atoms with Gasteiger partial charge >= 0.3 is 0 Å². The number of aromatic nitrogens is 1. The van der Waals surface area contributed by atoms with Crippen LogP contribution in [0.25, 0.3) is 0 Å². The monoisotopic (exact) mass is 405 g/mol. The highest BCUT2D eigenvalue weighted by Gasteiger charge is 2.49. The van der Waals surface area contributed by atoms with E-state index in [4.69, 9.17) is 9.72 Å². The number of fused-ring (bicyclic) bond motifs is 4. The number of amides is 1. The molecule has 1 aromatic carbocycles. The predicted molar refractivity (Wildman–Crippen MR) is 118 cm³/mol. The number of benzene rings is 1. The van der Waals surface area contributed by atoms with Crippen LogP contribution in [0.5, 0.6) is 5.75 Å². The van der Waals surface area contributed by atoms with Gasteiger partial charge in [0.25, 0.3) is 0 Å². The van der Waals surface area contributed by atoms with Crippen molar-refractivity contribution in [1.29, 1.82) is 0 Å². The lowest BCUT2D eigenvalue weighted by Crippen LogP contribution is -2.65. The molecular formula is C25H31N3O2. The molecule has 5 rings (SSSR count). The molecule has 3 aliphatic rings. The van der Waals surface area contributed by atoms with E-state index in [-0.39, 0.29) is 6.04 Å². The molecule has 3 fully saturated rings. The second-order valence-electron chi connectivity index (χ2n) is 9.24. The quantitative estimate of drug-likeness (QED) is 0.775. The summed E-state index contributed by atoms with van der Waals surface area (Å²) in [6.07, 6.45) is 6.93. The van der Waals surface area contributed by atoms with Crippen LogP contribution >= 0.6 is 0 Å². The van der Waals surface area contributed by atoms with Crippen molar-refractivity contribution >= 4 is 11.7 Å². The van der Waals surface area contributed by atoms with Crippen LogP contribution in [0.3, 0.4) is 0 Å². The number of piperidine rings is 3. The summed E-state index contributed by atoms with van der Waals surface area (Å²) in [7, 11) is 1.71. The SMILES string of the molecule is COc1cccc(C[C@H]2[C@H]3C[C@H](CN(c4ccc(C)cn4)C3)[C@@H]3CCCC(=O)N32)c1. The maximum Gasteiger partial charge on any atom is 0.223 e. The number of carbonyl (C=O) groups is 1. The molecule has 3 saturated heterocycles. The third-order valence-electron chi connectivity index (χ3n) is 7.30. The fraction of sp³-hybridized carbons (Fsp3) is 0.520. The van der Waals surface area contributed by atoms with Crippen LogP contribution in [0.4, 0.5) is 5.82 Å². The van der Waals surface area contributed by atoms with Crippen LogP contribution in [-0.2, 0) is 11.2 Å². The molecular weight excluding hydrogens is 374 g/mol.